The first-order valence-electron chi connectivity index (χ1n) is 4.80. The molecule has 1 unspecified atom stereocenters. The van der Waals surface area contributed by atoms with Gasteiger partial charge in [0.1, 0.15) is 0 Å². The van der Waals surface area contributed by atoms with Gasteiger partial charge in [-0.05, 0) is 25.5 Å². The van der Waals surface area contributed by atoms with Crippen LogP contribution >= 0.6 is 22.9 Å². The molecule has 1 heterocycles. The molecule has 0 aliphatic heterocycles. The maximum atomic E-state index is 9.16. The Balaban J connectivity index is 2.54. The van der Waals surface area contributed by atoms with E-state index in [4.69, 9.17) is 16.7 Å². The zero-order valence-electron chi connectivity index (χ0n) is 8.46. The number of halogens is 1. The van der Waals surface area contributed by atoms with E-state index in [0.717, 1.165) is 10.8 Å². The summed E-state index contributed by atoms with van der Waals surface area (Å²) in [5.41, 5.74) is 0. The molecule has 0 fully saturated rings. The summed E-state index contributed by atoms with van der Waals surface area (Å²) in [4.78, 5) is 1.23. The monoisotopic (exact) mass is 233 g/mol. The van der Waals surface area contributed by atoms with Crippen LogP contribution < -0.4 is 5.32 Å². The van der Waals surface area contributed by atoms with E-state index >= 15 is 0 Å². The molecular weight excluding hydrogens is 218 g/mol. The second-order valence-corrected chi connectivity index (χ2v) is 5.11. The first-order valence-corrected chi connectivity index (χ1v) is 5.99. The van der Waals surface area contributed by atoms with E-state index < -0.39 is 0 Å². The van der Waals surface area contributed by atoms with Gasteiger partial charge >= 0.3 is 0 Å². The van der Waals surface area contributed by atoms with E-state index in [1.165, 1.54) is 4.88 Å². The molecule has 14 heavy (non-hydrogen) atoms. The largest absolute Gasteiger partial charge is 0.392 e. The van der Waals surface area contributed by atoms with Crippen molar-refractivity contribution < 1.29 is 5.11 Å². The van der Waals surface area contributed by atoms with Crippen molar-refractivity contribution in [2.45, 2.75) is 32.4 Å². The molecule has 2 atom stereocenters. The normalized spacial score (nSPS) is 15.4. The number of hydrogen-bond acceptors (Lipinski definition) is 3. The lowest BCUT2D eigenvalue weighted by Crippen LogP contribution is -2.27. The Hall–Kier alpha value is -0.0900. The number of aliphatic hydroxyl groups is 1. The number of aliphatic hydroxyl groups excluding tert-OH is 1. The van der Waals surface area contributed by atoms with Gasteiger partial charge in [-0.15, -0.1) is 11.3 Å². The summed E-state index contributed by atoms with van der Waals surface area (Å²) < 4.78 is 0.817. The van der Waals surface area contributed by atoms with Crippen molar-refractivity contribution in [2.75, 3.05) is 6.54 Å². The van der Waals surface area contributed by atoms with E-state index in [2.05, 4.69) is 12.2 Å². The molecule has 0 radical (unpaired) electrons. The van der Waals surface area contributed by atoms with Gasteiger partial charge in [-0.1, -0.05) is 18.5 Å². The van der Waals surface area contributed by atoms with Gasteiger partial charge in [0.05, 0.1) is 10.4 Å². The fourth-order valence-electron chi connectivity index (χ4n) is 1.27. The fourth-order valence-corrected chi connectivity index (χ4v) is 2.49. The van der Waals surface area contributed by atoms with Crippen molar-refractivity contribution in [3.8, 4) is 0 Å². The topological polar surface area (TPSA) is 32.3 Å². The predicted molar refractivity (Wildman–Crippen MR) is 62.0 cm³/mol. The minimum atomic E-state index is -0.306. The third-order valence-corrected chi connectivity index (χ3v) is 3.35. The molecule has 2 nitrogen and oxygen atoms in total. The Kier molecular flexibility index (Phi) is 4.89. The van der Waals surface area contributed by atoms with E-state index in [-0.39, 0.29) is 6.10 Å². The van der Waals surface area contributed by atoms with Crippen molar-refractivity contribution in [1.29, 1.82) is 0 Å². The van der Waals surface area contributed by atoms with Crippen molar-refractivity contribution in [3.05, 3.63) is 21.3 Å². The second-order valence-electron chi connectivity index (χ2n) is 3.36. The van der Waals surface area contributed by atoms with Crippen LogP contribution in [-0.2, 0) is 0 Å². The minimum absolute atomic E-state index is 0.306. The molecule has 1 aromatic rings. The summed E-state index contributed by atoms with van der Waals surface area (Å²) in [5.74, 6) is 0. The average molecular weight is 234 g/mol. The standard InChI is InChI=1S/C10H16ClNOS/c1-3-8(12-6-7(2)13)9-4-5-10(11)14-9/h4-5,7-8,12-13H,3,6H2,1-2H3/t7-,8?/m0/s1. The van der Waals surface area contributed by atoms with Crippen molar-refractivity contribution in [2.24, 2.45) is 0 Å². The van der Waals surface area contributed by atoms with E-state index in [0.29, 0.717) is 12.6 Å². The van der Waals surface area contributed by atoms with Gasteiger partial charge in [-0.25, -0.2) is 0 Å². The maximum absolute atomic E-state index is 9.16. The first-order chi connectivity index (χ1) is 6.63. The van der Waals surface area contributed by atoms with Crippen molar-refractivity contribution in [3.63, 3.8) is 0 Å². The predicted octanol–water partition coefficient (Wildman–Crippen LogP) is 2.82. The summed E-state index contributed by atoms with van der Waals surface area (Å²) in [7, 11) is 0. The molecule has 0 saturated heterocycles. The molecule has 0 aromatic carbocycles. The molecule has 0 aliphatic rings. The lowest BCUT2D eigenvalue weighted by atomic mass is 10.2. The highest BCUT2D eigenvalue weighted by Crippen LogP contribution is 2.28. The molecule has 0 saturated carbocycles. The molecule has 2 N–H and O–H groups in total. The molecule has 0 aliphatic carbocycles. The first kappa shape index (κ1) is 12.0. The quantitative estimate of drug-likeness (QED) is 0.820. The Morgan fingerprint density at radius 2 is 2.29 bits per heavy atom. The van der Waals surface area contributed by atoms with Gasteiger partial charge in [0, 0.05) is 17.5 Å². The highest BCUT2D eigenvalue weighted by Gasteiger charge is 2.11. The van der Waals surface area contributed by atoms with E-state index in [9.17, 15) is 0 Å². The van der Waals surface area contributed by atoms with Crippen LogP contribution in [0.15, 0.2) is 12.1 Å². The van der Waals surface area contributed by atoms with Crippen LogP contribution in [0.25, 0.3) is 0 Å². The smallest absolute Gasteiger partial charge is 0.0931 e. The Morgan fingerprint density at radius 1 is 1.57 bits per heavy atom. The molecule has 0 amide bonds. The molecule has 0 bridgehead atoms. The Labute approximate surface area is 93.9 Å². The molecule has 0 spiro atoms. The van der Waals surface area contributed by atoms with Crippen LogP contribution in [0.2, 0.25) is 4.34 Å². The average Bonchev–Trinajstić information content (AvgIpc) is 2.53. The fraction of sp³-hybridized carbons (Fsp3) is 0.600. The molecular formula is C10H16ClNOS. The second kappa shape index (κ2) is 5.71. The molecule has 80 valence electrons. The van der Waals surface area contributed by atoms with Gasteiger partial charge in [0.25, 0.3) is 0 Å². The van der Waals surface area contributed by atoms with E-state index in [1.807, 2.05) is 12.1 Å². The van der Waals surface area contributed by atoms with Crippen LogP contribution in [0.3, 0.4) is 0 Å². The minimum Gasteiger partial charge on any atom is -0.392 e. The third kappa shape index (κ3) is 3.58. The van der Waals surface area contributed by atoms with E-state index in [1.54, 1.807) is 18.3 Å². The van der Waals surface area contributed by atoms with Gasteiger partial charge in [-0.2, -0.15) is 0 Å². The SMILES string of the molecule is CCC(NC[C@H](C)O)c1ccc(Cl)s1. The number of thiophene rings is 1. The maximum Gasteiger partial charge on any atom is 0.0931 e. The van der Waals surface area contributed by atoms with Gasteiger partial charge in [0.15, 0.2) is 0 Å². The Morgan fingerprint density at radius 3 is 2.71 bits per heavy atom. The highest BCUT2D eigenvalue weighted by atomic mass is 35.5. The van der Waals surface area contributed by atoms with Crippen LogP contribution in [0.4, 0.5) is 0 Å². The Bertz CT molecular complexity index is 275. The van der Waals surface area contributed by atoms with Crippen molar-refractivity contribution >= 4 is 22.9 Å². The third-order valence-electron chi connectivity index (χ3n) is 2.01. The van der Waals surface area contributed by atoms with Gasteiger partial charge < -0.3 is 10.4 Å². The van der Waals surface area contributed by atoms with Crippen LogP contribution in [0, 0.1) is 0 Å². The lowest BCUT2D eigenvalue weighted by Gasteiger charge is -2.16. The van der Waals surface area contributed by atoms with Crippen LogP contribution in [-0.4, -0.2) is 17.8 Å². The molecule has 1 aromatic heterocycles. The molecule has 1 rings (SSSR count). The van der Waals surface area contributed by atoms with Crippen molar-refractivity contribution in [1.82, 2.24) is 5.32 Å². The van der Waals surface area contributed by atoms with Crippen LogP contribution in [0.5, 0.6) is 0 Å². The molecule has 4 heteroatoms. The number of hydrogen-bond donors (Lipinski definition) is 2. The zero-order valence-corrected chi connectivity index (χ0v) is 10.0. The number of nitrogens with one attached hydrogen (secondary N) is 1. The summed E-state index contributed by atoms with van der Waals surface area (Å²) in [6.45, 7) is 4.52. The highest BCUT2D eigenvalue weighted by molar-refractivity contribution is 7.16. The summed E-state index contributed by atoms with van der Waals surface area (Å²) in [6.07, 6.45) is 0.698. The summed E-state index contributed by atoms with van der Waals surface area (Å²) in [6, 6.07) is 4.26. The number of rotatable bonds is 5. The summed E-state index contributed by atoms with van der Waals surface area (Å²) in [5, 5.41) is 12.5. The van der Waals surface area contributed by atoms with Gasteiger partial charge in [0.2, 0.25) is 0 Å². The zero-order chi connectivity index (χ0) is 10.6. The summed E-state index contributed by atoms with van der Waals surface area (Å²) >= 11 is 7.46. The van der Waals surface area contributed by atoms with Crippen LogP contribution in [0.1, 0.15) is 31.2 Å². The lowest BCUT2D eigenvalue weighted by molar-refractivity contribution is 0.186. The van der Waals surface area contributed by atoms with Gasteiger partial charge in [-0.3, -0.25) is 0 Å².